The van der Waals surface area contributed by atoms with Gasteiger partial charge in [0, 0.05) is 18.0 Å². The van der Waals surface area contributed by atoms with E-state index in [9.17, 15) is 0 Å². The second kappa shape index (κ2) is 5.54. The lowest BCUT2D eigenvalue weighted by atomic mass is 9.97. The van der Waals surface area contributed by atoms with E-state index in [2.05, 4.69) is 44.3 Å². The first kappa shape index (κ1) is 12.4. The highest BCUT2D eigenvalue weighted by Crippen LogP contribution is 2.32. The van der Waals surface area contributed by atoms with Crippen molar-refractivity contribution >= 4 is 0 Å². The third-order valence-electron chi connectivity index (χ3n) is 3.29. The smallest absolute Gasteiger partial charge is 0.124 e. The maximum absolute atomic E-state index is 5.72. The summed E-state index contributed by atoms with van der Waals surface area (Å²) in [5, 5.41) is 3.65. The molecule has 1 aromatic carbocycles. The molecule has 0 spiro atoms. The minimum atomic E-state index is 0.465. The van der Waals surface area contributed by atoms with E-state index in [4.69, 9.17) is 4.74 Å². The van der Waals surface area contributed by atoms with Gasteiger partial charge in [0.25, 0.3) is 0 Å². The Bertz CT molecular complexity index is 373. The van der Waals surface area contributed by atoms with Crippen molar-refractivity contribution in [1.29, 1.82) is 0 Å². The lowest BCUT2D eigenvalue weighted by Crippen LogP contribution is -2.29. The van der Waals surface area contributed by atoms with Gasteiger partial charge in [-0.05, 0) is 30.5 Å². The van der Waals surface area contributed by atoms with Gasteiger partial charge in [-0.25, -0.2) is 0 Å². The summed E-state index contributed by atoms with van der Waals surface area (Å²) in [6.45, 7) is 8.59. The Morgan fingerprint density at radius 3 is 2.94 bits per heavy atom. The monoisotopic (exact) mass is 233 g/mol. The van der Waals surface area contributed by atoms with Crippen LogP contribution in [0.15, 0.2) is 18.2 Å². The lowest BCUT2D eigenvalue weighted by molar-refractivity contribution is 0.250. The summed E-state index contributed by atoms with van der Waals surface area (Å²) in [4.78, 5) is 0. The predicted molar refractivity (Wildman–Crippen MR) is 71.5 cm³/mol. The van der Waals surface area contributed by atoms with Gasteiger partial charge in [0.1, 0.15) is 5.75 Å². The molecular formula is C15H23NO. The van der Waals surface area contributed by atoms with Crippen LogP contribution >= 0.6 is 0 Å². The molecule has 0 amide bonds. The van der Waals surface area contributed by atoms with E-state index >= 15 is 0 Å². The Morgan fingerprint density at radius 1 is 1.41 bits per heavy atom. The van der Waals surface area contributed by atoms with Gasteiger partial charge in [-0.3, -0.25) is 0 Å². The van der Waals surface area contributed by atoms with Gasteiger partial charge < -0.3 is 10.1 Å². The van der Waals surface area contributed by atoms with E-state index in [-0.39, 0.29) is 0 Å². The summed E-state index contributed by atoms with van der Waals surface area (Å²) >= 11 is 0. The summed E-state index contributed by atoms with van der Waals surface area (Å²) in [7, 11) is 0. The van der Waals surface area contributed by atoms with Crippen LogP contribution in [-0.4, -0.2) is 13.2 Å². The van der Waals surface area contributed by atoms with E-state index in [0.717, 1.165) is 31.7 Å². The van der Waals surface area contributed by atoms with Crippen molar-refractivity contribution in [2.24, 2.45) is 5.92 Å². The standard InChI is InChI=1S/C15H23NO/c1-4-12-5-6-15-13(9-12)14(7-8-17-15)16-10-11(2)3/h5-6,9,11,14,16H,4,7-8,10H2,1-3H3. The molecule has 94 valence electrons. The van der Waals surface area contributed by atoms with Crippen molar-refractivity contribution < 1.29 is 4.74 Å². The maximum Gasteiger partial charge on any atom is 0.124 e. The SMILES string of the molecule is CCc1ccc2c(c1)C(NCC(C)C)CCO2. The number of nitrogens with one attached hydrogen (secondary N) is 1. The molecule has 2 nitrogen and oxygen atoms in total. The first-order valence-electron chi connectivity index (χ1n) is 6.69. The Morgan fingerprint density at radius 2 is 2.24 bits per heavy atom. The van der Waals surface area contributed by atoms with Gasteiger partial charge >= 0.3 is 0 Å². The van der Waals surface area contributed by atoms with Gasteiger partial charge in [0.2, 0.25) is 0 Å². The normalized spacial score (nSPS) is 18.9. The molecule has 1 heterocycles. The Labute approximate surface area is 104 Å². The average Bonchev–Trinajstić information content (AvgIpc) is 2.35. The van der Waals surface area contributed by atoms with Gasteiger partial charge in [0.15, 0.2) is 0 Å². The molecule has 1 N–H and O–H groups in total. The second-order valence-electron chi connectivity index (χ2n) is 5.22. The van der Waals surface area contributed by atoms with Crippen LogP contribution in [0.25, 0.3) is 0 Å². The van der Waals surface area contributed by atoms with Crippen LogP contribution in [-0.2, 0) is 6.42 Å². The van der Waals surface area contributed by atoms with Gasteiger partial charge in [-0.2, -0.15) is 0 Å². The predicted octanol–water partition coefficient (Wildman–Crippen LogP) is 3.32. The minimum absolute atomic E-state index is 0.465. The van der Waals surface area contributed by atoms with Crippen LogP contribution in [0.2, 0.25) is 0 Å². The molecule has 1 atom stereocenters. The molecule has 1 aliphatic rings. The van der Waals surface area contributed by atoms with Crippen LogP contribution < -0.4 is 10.1 Å². The number of aryl methyl sites for hydroxylation is 1. The van der Waals surface area contributed by atoms with Crippen molar-refractivity contribution in [3.05, 3.63) is 29.3 Å². The van der Waals surface area contributed by atoms with Crippen LogP contribution in [0.3, 0.4) is 0 Å². The summed E-state index contributed by atoms with van der Waals surface area (Å²) in [6, 6.07) is 7.06. The van der Waals surface area contributed by atoms with Crippen molar-refractivity contribution in [1.82, 2.24) is 5.32 Å². The van der Waals surface area contributed by atoms with E-state index in [1.54, 1.807) is 0 Å². The van der Waals surface area contributed by atoms with Crippen LogP contribution in [0, 0.1) is 5.92 Å². The zero-order chi connectivity index (χ0) is 12.3. The zero-order valence-corrected chi connectivity index (χ0v) is 11.1. The average molecular weight is 233 g/mol. The second-order valence-corrected chi connectivity index (χ2v) is 5.22. The molecule has 0 saturated carbocycles. The lowest BCUT2D eigenvalue weighted by Gasteiger charge is -2.28. The van der Waals surface area contributed by atoms with E-state index in [1.165, 1.54) is 11.1 Å². The van der Waals surface area contributed by atoms with Crippen molar-refractivity contribution in [2.75, 3.05) is 13.2 Å². The topological polar surface area (TPSA) is 21.3 Å². The molecule has 0 aliphatic carbocycles. The molecule has 17 heavy (non-hydrogen) atoms. The molecule has 0 saturated heterocycles. The number of benzene rings is 1. The van der Waals surface area contributed by atoms with Crippen molar-refractivity contribution in [3.63, 3.8) is 0 Å². The van der Waals surface area contributed by atoms with E-state index < -0.39 is 0 Å². The van der Waals surface area contributed by atoms with Gasteiger partial charge in [-0.15, -0.1) is 0 Å². The third-order valence-corrected chi connectivity index (χ3v) is 3.29. The Hall–Kier alpha value is -1.02. The van der Waals surface area contributed by atoms with Gasteiger partial charge in [-0.1, -0.05) is 32.9 Å². The molecule has 0 bridgehead atoms. The molecule has 1 aromatic rings. The quantitative estimate of drug-likeness (QED) is 0.861. The zero-order valence-electron chi connectivity index (χ0n) is 11.1. The van der Waals surface area contributed by atoms with E-state index in [1.807, 2.05) is 0 Å². The Kier molecular flexibility index (Phi) is 4.06. The van der Waals surface area contributed by atoms with Gasteiger partial charge in [0.05, 0.1) is 6.61 Å². The molecule has 2 rings (SSSR count). The number of hydrogen-bond donors (Lipinski definition) is 1. The molecule has 2 heteroatoms. The molecule has 0 fully saturated rings. The summed E-state index contributed by atoms with van der Waals surface area (Å²) in [6.07, 6.45) is 2.16. The third kappa shape index (κ3) is 3.01. The van der Waals surface area contributed by atoms with Crippen LogP contribution in [0.4, 0.5) is 0 Å². The fraction of sp³-hybridized carbons (Fsp3) is 0.600. The first-order chi connectivity index (χ1) is 8.20. The van der Waals surface area contributed by atoms with Crippen LogP contribution in [0.1, 0.15) is 44.4 Å². The molecular weight excluding hydrogens is 210 g/mol. The summed E-state index contributed by atoms with van der Waals surface area (Å²) in [5.74, 6) is 1.75. The summed E-state index contributed by atoms with van der Waals surface area (Å²) in [5.41, 5.74) is 2.74. The van der Waals surface area contributed by atoms with E-state index in [0.29, 0.717) is 12.0 Å². The highest BCUT2D eigenvalue weighted by molar-refractivity contribution is 5.40. The number of hydrogen-bond acceptors (Lipinski definition) is 2. The fourth-order valence-corrected chi connectivity index (χ4v) is 2.25. The highest BCUT2D eigenvalue weighted by atomic mass is 16.5. The largest absolute Gasteiger partial charge is 0.493 e. The molecule has 0 aromatic heterocycles. The minimum Gasteiger partial charge on any atom is -0.493 e. The first-order valence-corrected chi connectivity index (χ1v) is 6.69. The van der Waals surface area contributed by atoms with Crippen LogP contribution in [0.5, 0.6) is 5.75 Å². The number of ether oxygens (including phenoxy) is 1. The number of rotatable bonds is 4. The fourth-order valence-electron chi connectivity index (χ4n) is 2.25. The molecule has 1 aliphatic heterocycles. The molecule has 1 unspecified atom stereocenters. The van der Waals surface area contributed by atoms with Crippen molar-refractivity contribution in [3.8, 4) is 5.75 Å². The number of fused-ring (bicyclic) bond motifs is 1. The Balaban J connectivity index is 2.16. The maximum atomic E-state index is 5.72. The highest BCUT2D eigenvalue weighted by Gasteiger charge is 2.21. The summed E-state index contributed by atoms with van der Waals surface area (Å²) < 4.78 is 5.72. The molecule has 0 radical (unpaired) electrons. The van der Waals surface area contributed by atoms with Crippen molar-refractivity contribution in [2.45, 2.75) is 39.7 Å².